The molecule has 1 unspecified atom stereocenters. The third kappa shape index (κ3) is 3.40. The molecule has 0 bridgehead atoms. The number of aliphatic hydroxyl groups is 1. The van der Waals surface area contributed by atoms with Gasteiger partial charge in [0.05, 0.1) is 10.5 Å². The molecule has 1 saturated heterocycles. The summed E-state index contributed by atoms with van der Waals surface area (Å²) in [6.45, 7) is 6.44. The van der Waals surface area contributed by atoms with Gasteiger partial charge in [-0.2, -0.15) is 4.31 Å². The van der Waals surface area contributed by atoms with Crippen LogP contribution in [0.5, 0.6) is 0 Å². The minimum Gasteiger partial charge on any atom is -0.390 e. The summed E-state index contributed by atoms with van der Waals surface area (Å²) < 4.78 is 26.9. The molecule has 0 spiro atoms. The van der Waals surface area contributed by atoms with Crippen LogP contribution >= 0.6 is 0 Å². The Hall–Kier alpha value is -0.910. The van der Waals surface area contributed by atoms with Gasteiger partial charge in [-0.1, -0.05) is 6.07 Å². The fourth-order valence-electron chi connectivity index (χ4n) is 2.71. The molecule has 4 nitrogen and oxygen atoms in total. The lowest BCUT2D eigenvalue weighted by molar-refractivity contribution is 0.0465. The summed E-state index contributed by atoms with van der Waals surface area (Å²) in [6.07, 6.45) is 1.82. The first-order valence-electron chi connectivity index (χ1n) is 7.02. The van der Waals surface area contributed by atoms with Crippen LogP contribution in [-0.4, -0.2) is 36.5 Å². The van der Waals surface area contributed by atoms with Crippen LogP contribution in [0.4, 0.5) is 0 Å². The molecule has 1 aromatic carbocycles. The summed E-state index contributed by atoms with van der Waals surface area (Å²) in [7, 11) is -3.46. The predicted molar refractivity (Wildman–Crippen MR) is 79.1 cm³/mol. The Kier molecular flexibility index (Phi) is 4.23. The fraction of sp³-hybridized carbons (Fsp3) is 0.600. The molecule has 1 aliphatic rings. The molecule has 20 heavy (non-hydrogen) atoms. The van der Waals surface area contributed by atoms with Crippen LogP contribution in [0.15, 0.2) is 23.1 Å². The molecule has 0 aromatic heterocycles. The maximum atomic E-state index is 12.7. The van der Waals surface area contributed by atoms with E-state index in [1.165, 1.54) is 4.31 Å². The van der Waals surface area contributed by atoms with Crippen LogP contribution in [0.2, 0.25) is 0 Å². The number of sulfonamides is 1. The largest absolute Gasteiger partial charge is 0.390 e. The van der Waals surface area contributed by atoms with Crippen LogP contribution < -0.4 is 0 Å². The molecular formula is C15H23NO3S. The maximum absolute atomic E-state index is 12.7. The molecule has 0 aliphatic carbocycles. The molecule has 1 aromatic rings. The lowest BCUT2D eigenvalue weighted by Crippen LogP contribution is -2.33. The lowest BCUT2D eigenvalue weighted by Gasteiger charge is -2.22. The zero-order chi connectivity index (χ0) is 15.0. The minimum absolute atomic E-state index is 0.358. The Balaban J connectivity index is 2.30. The summed E-state index contributed by atoms with van der Waals surface area (Å²) in [5, 5.41) is 10.1. The summed E-state index contributed by atoms with van der Waals surface area (Å²) in [6, 6.07) is 5.39. The van der Waals surface area contributed by atoms with E-state index in [0.717, 1.165) is 11.1 Å². The Morgan fingerprint density at radius 2 is 1.70 bits per heavy atom. The zero-order valence-corrected chi connectivity index (χ0v) is 13.2. The van der Waals surface area contributed by atoms with Gasteiger partial charge >= 0.3 is 0 Å². The molecule has 0 amide bonds. The van der Waals surface area contributed by atoms with Crippen molar-refractivity contribution in [1.29, 1.82) is 0 Å². The first-order chi connectivity index (χ1) is 9.21. The molecule has 0 saturated carbocycles. The molecule has 2 rings (SSSR count). The Morgan fingerprint density at radius 3 is 2.30 bits per heavy atom. The average Bonchev–Trinajstić information content (AvgIpc) is 2.49. The van der Waals surface area contributed by atoms with Crippen molar-refractivity contribution < 1.29 is 13.5 Å². The summed E-state index contributed by atoms with van der Waals surface area (Å²) in [5.74, 6) is 0. The van der Waals surface area contributed by atoms with Gasteiger partial charge < -0.3 is 5.11 Å². The van der Waals surface area contributed by atoms with Crippen molar-refractivity contribution in [3.63, 3.8) is 0 Å². The number of hydrogen-bond donors (Lipinski definition) is 1. The highest BCUT2D eigenvalue weighted by atomic mass is 32.2. The molecule has 1 aliphatic heterocycles. The Labute approximate surface area is 121 Å². The van der Waals surface area contributed by atoms with E-state index in [1.54, 1.807) is 19.1 Å². The number of rotatable bonds is 2. The van der Waals surface area contributed by atoms with Crippen molar-refractivity contribution in [2.45, 2.75) is 50.5 Å². The van der Waals surface area contributed by atoms with E-state index in [-0.39, 0.29) is 0 Å². The van der Waals surface area contributed by atoms with Gasteiger partial charge in [0.25, 0.3) is 0 Å². The smallest absolute Gasteiger partial charge is 0.243 e. The van der Waals surface area contributed by atoms with Crippen LogP contribution in [0.1, 0.15) is 37.3 Å². The van der Waals surface area contributed by atoms with Gasteiger partial charge in [0.2, 0.25) is 10.0 Å². The summed E-state index contributed by atoms with van der Waals surface area (Å²) >= 11 is 0. The van der Waals surface area contributed by atoms with E-state index in [4.69, 9.17) is 0 Å². The summed E-state index contributed by atoms with van der Waals surface area (Å²) in [4.78, 5) is 0.358. The van der Waals surface area contributed by atoms with Crippen LogP contribution in [0, 0.1) is 13.8 Å². The van der Waals surface area contributed by atoms with Crippen molar-refractivity contribution in [3.05, 3.63) is 29.3 Å². The van der Waals surface area contributed by atoms with Gasteiger partial charge in [0.1, 0.15) is 0 Å². The average molecular weight is 297 g/mol. The first kappa shape index (κ1) is 15.5. The molecule has 0 radical (unpaired) electrons. The highest BCUT2D eigenvalue weighted by Gasteiger charge is 2.31. The lowest BCUT2D eigenvalue weighted by atomic mass is 9.98. The van der Waals surface area contributed by atoms with Gasteiger partial charge in [-0.25, -0.2) is 8.42 Å². The van der Waals surface area contributed by atoms with E-state index in [2.05, 4.69) is 0 Å². The predicted octanol–water partition coefficient (Wildman–Crippen LogP) is 2.23. The second-order valence-corrected chi connectivity index (χ2v) is 8.02. The summed E-state index contributed by atoms with van der Waals surface area (Å²) in [5.41, 5.74) is 1.14. The topological polar surface area (TPSA) is 57.6 Å². The van der Waals surface area contributed by atoms with E-state index in [9.17, 15) is 13.5 Å². The highest BCUT2D eigenvalue weighted by Crippen LogP contribution is 2.26. The first-order valence-corrected chi connectivity index (χ1v) is 8.46. The van der Waals surface area contributed by atoms with Gasteiger partial charge in [0.15, 0.2) is 0 Å². The monoisotopic (exact) mass is 297 g/mol. The zero-order valence-electron chi connectivity index (χ0n) is 12.4. The third-order valence-corrected chi connectivity index (χ3v) is 5.73. The molecule has 1 fully saturated rings. The second-order valence-electron chi connectivity index (χ2n) is 6.08. The molecule has 1 heterocycles. The number of aryl methyl sites for hydroxylation is 2. The van der Waals surface area contributed by atoms with Gasteiger partial charge in [-0.3, -0.25) is 0 Å². The van der Waals surface area contributed by atoms with Crippen LogP contribution in [0.25, 0.3) is 0 Å². The van der Waals surface area contributed by atoms with Crippen molar-refractivity contribution in [1.82, 2.24) is 4.31 Å². The number of nitrogens with zero attached hydrogens (tertiary/aromatic N) is 1. The van der Waals surface area contributed by atoms with Crippen molar-refractivity contribution in [3.8, 4) is 0 Å². The van der Waals surface area contributed by atoms with Crippen molar-refractivity contribution in [2.24, 2.45) is 0 Å². The van der Waals surface area contributed by atoms with E-state index in [1.807, 2.05) is 19.9 Å². The Morgan fingerprint density at radius 1 is 1.10 bits per heavy atom. The van der Waals surface area contributed by atoms with Crippen LogP contribution in [0.3, 0.4) is 0 Å². The van der Waals surface area contributed by atoms with Crippen molar-refractivity contribution >= 4 is 10.0 Å². The highest BCUT2D eigenvalue weighted by molar-refractivity contribution is 7.89. The van der Waals surface area contributed by atoms with E-state index >= 15 is 0 Å². The van der Waals surface area contributed by atoms with Gasteiger partial charge in [-0.05, 0) is 63.3 Å². The maximum Gasteiger partial charge on any atom is 0.243 e. The second kappa shape index (κ2) is 5.47. The van der Waals surface area contributed by atoms with Gasteiger partial charge in [0, 0.05) is 13.1 Å². The Bertz CT molecular complexity index is 573. The molecule has 1 N–H and O–H groups in total. The standard InChI is InChI=1S/C15H23NO3S/c1-12-9-13(2)11-14(10-12)20(18,19)16-7-4-5-15(3,17)6-8-16/h9-11,17H,4-8H2,1-3H3. The quantitative estimate of drug-likeness (QED) is 0.910. The van der Waals surface area contributed by atoms with Gasteiger partial charge in [-0.15, -0.1) is 0 Å². The van der Waals surface area contributed by atoms with Crippen molar-refractivity contribution in [2.75, 3.05) is 13.1 Å². The third-order valence-electron chi connectivity index (χ3n) is 3.86. The van der Waals surface area contributed by atoms with E-state index in [0.29, 0.717) is 37.2 Å². The molecule has 1 atom stereocenters. The SMILES string of the molecule is Cc1cc(C)cc(S(=O)(=O)N2CCCC(C)(O)CC2)c1. The molecule has 5 heteroatoms. The number of hydrogen-bond acceptors (Lipinski definition) is 3. The molecular weight excluding hydrogens is 274 g/mol. The van der Waals surface area contributed by atoms with Crippen LogP contribution in [-0.2, 0) is 10.0 Å². The minimum atomic E-state index is -3.46. The fourth-order valence-corrected chi connectivity index (χ4v) is 4.38. The van der Waals surface area contributed by atoms with E-state index < -0.39 is 15.6 Å². The normalized spacial score (nSPS) is 25.4. The molecule has 112 valence electrons. The number of benzene rings is 1.